The van der Waals surface area contributed by atoms with Crippen LogP contribution in [0.2, 0.25) is 0 Å². The highest BCUT2D eigenvalue weighted by molar-refractivity contribution is 7.89. The fourth-order valence-corrected chi connectivity index (χ4v) is 3.17. The molecular weight excluding hydrogens is 358 g/mol. The van der Waals surface area contributed by atoms with Gasteiger partial charge in [-0.25, -0.2) is 12.7 Å². The van der Waals surface area contributed by atoms with Crippen LogP contribution in [0.3, 0.4) is 0 Å². The fourth-order valence-electron chi connectivity index (χ4n) is 2.26. The fraction of sp³-hybridized carbons (Fsp3) is 0.235. The lowest BCUT2D eigenvalue weighted by Gasteiger charge is -2.12. The van der Waals surface area contributed by atoms with Gasteiger partial charge in [0.1, 0.15) is 0 Å². The maximum absolute atomic E-state index is 12.0. The topological polar surface area (TPSA) is 110 Å². The second-order valence-corrected chi connectivity index (χ2v) is 7.92. The average molecular weight is 377 g/mol. The molecular formula is C17H19N3O5S. The van der Waals surface area contributed by atoms with Crippen LogP contribution in [0.5, 0.6) is 0 Å². The first-order valence-electron chi connectivity index (χ1n) is 7.72. The quantitative estimate of drug-likeness (QED) is 0.583. The van der Waals surface area contributed by atoms with E-state index in [2.05, 4.69) is 5.32 Å². The normalized spacial score (nSPS) is 11.3. The number of amides is 1. The molecule has 8 nitrogen and oxygen atoms in total. The number of carbonyl (C=O) groups is 1. The zero-order chi connectivity index (χ0) is 19.3. The van der Waals surface area contributed by atoms with Crippen LogP contribution in [0.25, 0.3) is 0 Å². The van der Waals surface area contributed by atoms with Crippen molar-refractivity contribution in [1.29, 1.82) is 0 Å². The minimum atomic E-state index is -3.50. The number of rotatable bonds is 7. The van der Waals surface area contributed by atoms with E-state index in [9.17, 15) is 23.3 Å². The Morgan fingerprint density at radius 1 is 1.12 bits per heavy atom. The molecule has 2 aromatic carbocycles. The van der Waals surface area contributed by atoms with Crippen LogP contribution in [-0.4, -0.2) is 37.6 Å². The third-order valence-corrected chi connectivity index (χ3v) is 5.56. The number of hydrogen-bond acceptors (Lipinski definition) is 5. The van der Waals surface area contributed by atoms with Crippen LogP contribution in [0, 0.1) is 10.1 Å². The van der Waals surface area contributed by atoms with Gasteiger partial charge in [0.15, 0.2) is 0 Å². The third-order valence-electron chi connectivity index (χ3n) is 3.73. The highest BCUT2D eigenvalue weighted by Gasteiger charge is 2.17. The Morgan fingerprint density at radius 3 is 2.31 bits per heavy atom. The molecule has 0 aliphatic heterocycles. The van der Waals surface area contributed by atoms with Crippen LogP contribution in [-0.2, 0) is 27.8 Å². The molecule has 2 aromatic rings. The van der Waals surface area contributed by atoms with Gasteiger partial charge in [-0.05, 0) is 17.7 Å². The Balaban J connectivity index is 1.99. The molecule has 0 saturated heterocycles. The molecule has 1 N–H and O–H groups in total. The average Bonchev–Trinajstić information content (AvgIpc) is 2.60. The van der Waals surface area contributed by atoms with E-state index in [1.807, 2.05) is 0 Å². The molecule has 0 unspecified atom stereocenters. The van der Waals surface area contributed by atoms with Gasteiger partial charge >= 0.3 is 0 Å². The number of nitro groups is 1. The summed E-state index contributed by atoms with van der Waals surface area (Å²) in [7, 11) is -0.595. The molecule has 0 aromatic heterocycles. The van der Waals surface area contributed by atoms with E-state index < -0.39 is 14.9 Å². The van der Waals surface area contributed by atoms with E-state index in [1.165, 1.54) is 32.3 Å². The Bertz CT molecular complexity index is 908. The Hall–Kier alpha value is -2.78. The molecule has 0 fully saturated rings. The standard InChI is InChI=1S/C17H19N3O5S/c1-19(2)26(24,25)15-9-7-13(8-10-15)12-18-17(21)11-14-5-3-4-6-16(14)20(22)23/h3-10H,11-12H2,1-2H3,(H,18,21). The molecule has 26 heavy (non-hydrogen) atoms. The number of nitro benzene ring substituents is 1. The molecule has 0 saturated carbocycles. The van der Waals surface area contributed by atoms with E-state index in [-0.39, 0.29) is 29.5 Å². The minimum Gasteiger partial charge on any atom is -0.352 e. The summed E-state index contributed by atoms with van der Waals surface area (Å²) in [6, 6.07) is 12.2. The Kier molecular flexibility index (Phi) is 6.06. The van der Waals surface area contributed by atoms with E-state index in [0.717, 1.165) is 9.87 Å². The third kappa shape index (κ3) is 4.64. The van der Waals surface area contributed by atoms with E-state index in [1.54, 1.807) is 30.3 Å². The second-order valence-electron chi connectivity index (χ2n) is 5.77. The number of nitrogens with one attached hydrogen (secondary N) is 1. The van der Waals surface area contributed by atoms with Crippen molar-refractivity contribution in [3.8, 4) is 0 Å². The van der Waals surface area contributed by atoms with Crippen LogP contribution >= 0.6 is 0 Å². The molecule has 0 aliphatic rings. The number of benzene rings is 2. The van der Waals surface area contributed by atoms with Gasteiger partial charge in [0, 0.05) is 32.3 Å². The summed E-state index contributed by atoms with van der Waals surface area (Å²) in [5.41, 5.74) is 0.960. The van der Waals surface area contributed by atoms with Crippen molar-refractivity contribution < 1.29 is 18.1 Å². The highest BCUT2D eigenvalue weighted by Crippen LogP contribution is 2.18. The summed E-state index contributed by atoms with van der Waals surface area (Å²) in [6.07, 6.45) is -0.107. The predicted molar refractivity (Wildman–Crippen MR) is 96.0 cm³/mol. The predicted octanol–water partition coefficient (Wildman–Crippen LogP) is 1.70. The van der Waals surface area contributed by atoms with E-state index in [4.69, 9.17) is 0 Å². The molecule has 1 amide bonds. The maximum Gasteiger partial charge on any atom is 0.273 e. The molecule has 0 spiro atoms. The number of hydrogen-bond donors (Lipinski definition) is 1. The van der Waals surface area contributed by atoms with Crippen molar-refractivity contribution >= 4 is 21.6 Å². The van der Waals surface area contributed by atoms with Gasteiger partial charge in [-0.2, -0.15) is 0 Å². The van der Waals surface area contributed by atoms with Crippen molar-refractivity contribution in [1.82, 2.24) is 9.62 Å². The van der Waals surface area contributed by atoms with Gasteiger partial charge in [0.05, 0.1) is 16.2 Å². The van der Waals surface area contributed by atoms with Gasteiger partial charge < -0.3 is 5.32 Å². The summed E-state index contributed by atoms with van der Waals surface area (Å²) >= 11 is 0. The summed E-state index contributed by atoms with van der Waals surface area (Å²) in [4.78, 5) is 22.6. The molecule has 9 heteroatoms. The van der Waals surface area contributed by atoms with Crippen LogP contribution < -0.4 is 5.32 Å². The zero-order valence-electron chi connectivity index (χ0n) is 14.4. The molecule has 0 radical (unpaired) electrons. The number of para-hydroxylation sites is 1. The van der Waals surface area contributed by atoms with Gasteiger partial charge in [0.2, 0.25) is 15.9 Å². The van der Waals surface area contributed by atoms with Gasteiger partial charge in [-0.15, -0.1) is 0 Å². The molecule has 0 atom stereocenters. The van der Waals surface area contributed by atoms with Crippen molar-refractivity contribution in [2.75, 3.05) is 14.1 Å². The van der Waals surface area contributed by atoms with Crippen molar-refractivity contribution in [3.05, 3.63) is 69.8 Å². The first-order valence-corrected chi connectivity index (χ1v) is 9.16. The number of nitrogens with zero attached hydrogens (tertiary/aromatic N) is 2. The van der Waals surface area contributed by atoms with Crippen molar-refractivity contribution in [3.63, 3.8) is 0 Å². The molecule has 0 bridgehead atoms. The first kappa shape index (κ1) is 19.5. The zero-order valence-corrected chi connectivity index (χ0v) is 15.2. The molecule has 2 rings (SSSR count). The van der Waals surface area contributed by atoms with Gasteiger partial charge in [-0.3, -0.25) is 14.9 Å². The summed E-state index contributed by atoms with van der Waals surface area (Å²) < 4.78 is 25.1. The summed E-state index contributed by atoms with van der Waals surface area (Å²) in [5.74, 6) is -0.357. The van der Waals surface area contributed by atoms with Gasteiger partial charge in [-0.1, -0.05) is 30.3 Å². The van der Waals surface area contributed by atoms with Crippen LogP contribution in [0.1, 0.15) is 11.1 Å². The summed E-state index contributed by atoms with van der Waals surface area (Å²) in [5, 5.41) is 13.6. The monoisotopic (exact) mass is 377 g/mol. The largest absolute Gasteiger partial charge is 0.352 e. The Morgan fingerprint density at radius 2 is 1.73 bits per heavy atom. The first-order chi connectivity index (χ1) is 12.2. The smallest absolute Gasteiger partial charge is 0.273 e. The minimum absolute atomic E-state index is 0.0964. The van der Waals surface area contributed by atoms with Gasteiger partial charge in [0.25, 0.3) is 5.69 Å². The Labute approximate surface area is 151 Å². The van der Waals surface area contributed by atoms with Crippen LogP contribution in [0.4, 0.5) is 5.69 Å². The van der Waals surface area contributed by atoms with Crippen molar-refractivity contribution in [2.45, 2.75) is 17.9 Å². The lowest BCUT2D eigenvalue weighted by atomic mass is 10.1. The summed E-state index contributed by atoms with van der Waals surface area (Å²) in [6.45, 7) is 0.196. The number of carbonyl (C=O) groups excluding carboxylic acids is 1. The molecule has 138 valence electrons. The lowest BCUT2D eigenvalue weighted by Crippen LogP contribution is -2.25. The highest BCUT2D eigenvalue weighted by atomic mass is 32.2. The lowest BCUT2D eigenvalue weighted by molar-refractivity contribution is -0.385. The second kappa shape index (κ2) is 8.07. The van der Waals surface area contributed by atoms with Crippen molar-refractivity contribution in [2.24, 2.45) is 0 Å². The van der Waals surface area contributed by atoms with E-state index >= 15 is 0 Å². The van der Waals surface area contributed by atoms with Crippen LogP contribution in [0.15, 0.2) is 53.4 Å². The van der Waals surface area contributed by atoms with E-state index in [0.29, 0.717) is 5.56 Å². The SMILES string of the molecule is CN(C)S(=O)(=O)c1ccc(CNC(=O)Cc2ccccc2[N+](=O)[O-])cc1. The molecule has 0 aliphatic carbocycles. The molecule has 0 heterocycles. The number of sulfonamides is 1. The maximum atomic E-state index is 12.0.